The molecule has 0 radical (unpaired) electrons. The number of rotatable bonds is 0. The van der Waals surface area contributed by atoms with E-state index in [9.17, 15) is 20.4 Å². The highest BCUT2D eigenvalue weighted by molar-refractivity contribution is 4.96. The van der Waals surface area contributed by atoms with Crippen molar-refractivity contribution in [2.45, 2.75) is 31.0 Å². The summed E-state index contributed by atoms with van der Waals surface area (Å²) in [5.74, 6) is -4.41. The monoisotopic (exact) mass is 202 g/mol. The van der Waals surface area contributed by atoms with Crippen molar-refractivity contribution in [3.05, 3.63) is 5.82 Å². The van der Waals surface area contributed by atoms with Crippen LogP contribution < -0.4 is 0 Å². The van der Waals surface area contributed by atoms with Crippen molar-refractivity contribution in [1.82, 2.24) is 20.2 Å². The van der Waals surface area contributed by atoms with Crippen LogP contribution in [-0.2, 0) is 12.3 Å². The van der Waals surface area contributed by atoms with Crippen LogP contribution in [0.25, 0.3) is 0 Å². The molecule has 0 unspecified atom stereocenters. The summed E-state index contributed by atoms with van der Waals surface area (Å²) >= 11 is 0. The van der Waals surface area contributed by atoms with Crippen molar-refractivity contribution in [2.24, 2.45) is 0 Å². The molecular formula is C6H10N4O4. The number of fused-ring (bicyclic) bond motifs is 1. The lowest BCUT2D eigenvalue weighted by Crippen LogP contribution is -2.33. The van der Waals surface area contributed by atoms with E-state index in [1.54, 1.807) is 0 Å². The van der Waals surface area contributed by atoms with Crippen LogP contribution in [0.1, 0.15) is 18.7 Å². The normalized spacial score (nSPS) is 24.0. The first-order chi connectivity index (χ1) is 6.41. The minimum atomic E-state index is -2.21. The summed E-state index contributed by atoms with van der Waals surface area (Å²) in [4.78, 5) is 0. The van der Waals surface area contributed by atoms with Gasteiger partial charge in [-0.05, 0) is 10.4 Å². The summed E-state index contributed by atoms with van der Waals surface area (Å²) in [6.45, 7) is -0.280. The van der Waals surface area contributed by atoms with E-state index in [2.05, 4.69) is 15.5 Å². The molecule has 8 heteroatoms. The number of hydrogen-bond donors (Lipinski definition) is 4. The molecule has 0 saturated heterocycles. The molecule has 4 N–H and O–H groups in total. The van der Waals surface area contributed by atoms with Gasteiger partial charge in [0.15, 0.2) is 5.79 Å². The first-order valence-electron chi connectivity index (χ1n) is 4.07. The van der Waals surface area contributed by atoms with E-state index in [4.69, 9.17) is 0 Å². The number of aliphatic hydroxyl groups is 4. The highest BCUT2D eigenvalue weighted by Gasteiger charge is 2.41. The van der Waals surface area contributed by atoms with Crippen LogP contribution in [0.3, 0.4) is 0 Å². The second-order valence-corrected chi connectivity index (χ2v) is 3.46. The standard InChI is InChI=1S/C6H10N4O4/c11-5(12)1-2-6(13,14)4-7-8-9-10(4)3-5/h11-14H,1-3H2. The van der Waals surface area contributed by atoms with Gasteiger partial charge >= 0.3 is 0 Å². The number of aromatic nitrogens is 4. The Labute approximate surface area is 78.4 Å². The third-order valence-corrected chi connectivity index (χ3v) is 2.17. The predicted octanol–water partition coefficient (Wildman–Crippen LogP) is -2.71. The van der Waals surface area contributed by atoms with Crippen molar-refractivity contribution in [1.29, 1.82) is 0 Å². The van der Waals surface area contributed by atoms with E-state index < -0.39 is 11.6 Å². The Morgan fingerprint density at radius 3 is 2.57 bits per heavy atom. The van der Waals surface area contributed by atoms with Crippen LogP contribution in [0.15, 0.2) is 0 Å². The summed E-state index contributed by atoms with van der Waals surface area (Å²) in [5, 5.41) is 47.8. The second kappa shape index (κ2) is 2.70. The molecule has 14 heavy (non-hydrogen) atoms. The smallest absolute Gasteiger partial charge is 0.227 e. The maximum Gasteiger partial charge on any atom is 0.227 e. The molecule has 78 valence electrons. The van der Waals surface area contributed by atoms with E-state index in [0.717, 1.165) is 4.68 Å². The molecule has 1 aromatic rings. The van der Waals surface area contributed by atoms with Crippen LogP contribution in [0, 0.1) is 0 Å². The topological polar surface area (TPSA) is 125 Å². The van der Waals surface area contributed by atoms with Gasteiger partial charge in [-0.15, -0.1) is 5.10 Å². The molecule has 0 fully saturated rings. The third kappa shape index (κ3) is 1.48. The van der Waals surface area contributed by atoms with Gasteiger partial charge in [0.25, 0.3) is 0 Å². The van der Waals surface area contributed by atoms with Gasteiger partial charge in [0.1, 0.15) is 0 Å². The molecule has 1 aromatic heterocycles. The quantitative estimate of drug-likeness (QED) is 0.337. The van der Waals surface area contributed by atoms with Crippen molar-refractivity contribution in [3.8, 4) is 0 Å². The fraction of sp³-hybridized carbons (Fsp3) is 0.833. The van der Waals surface area contributed by atoms with Gasteiger partial charge in [0.2, 0.25) is 11.6 Å². The summed E-state index contributed by atoms with van der Waals surface area (Å²) in [6, 6.07) is 0. The van der Waals surface area contributed by atoms with E-state index in [1.165, 1.54) is 0 Å². The second-order valence-electron chi connectivity index (χ2n) is 3.46. The molecule has 8 nitrogen and oxygen atoms in total. The molecule has 0 atom stereocenters. The van der Waals surface area contributed by atoms with E-state index in [0.29, 0.717) is 0 Å². The highest BCUT2D eigenvalue weighted by Crippen LogP contribution is 2.28. The lowest BCUT2D eigenvalue weighted by atomic mass is 10.1. The lowest BCUT2D eigenvalue weighted by molar-refractivity contribution is -0.208. The lowest BCUT2D eigenvalue weighted by Gasteiger charge is -2.19. The van der Waals surface area contributed by atoms with E-state index in [1.807, 2.05) is 0 Å². The van der Waals surface area contributed by atoms with Crippen molar-refractivity contribution in [2.75, 3.05) is 0 Å². The summed E-state index contributed by atoms with van der Waals surface area (Å²) in [7, 11) is 0. The largest absolute Gasteiger partial charge is 0.364 e. The number of tetrazole rings is 1. The highest BCUT2D eigenvalue weighted by atomic mass is 16.5. The van der Waals surface area contributed by atoms with Crippen molar-refractivity contribution < 1.29 is 20.4 Å². The average Bonchev–Trinajstić information content (AvgIpc) is 2.46. The summed E-state index contributed by atoms with van der Waals surface area (Å²) < 4.78 is 0.965. The molecule has 0 bridgehead atoms. The maximum absolute atomic E-state index is 9.50. The number of hydrogen-bond acceptors (Lipinski definition) is 7. The molecule has 2 heterocycles. The minimum absolute atomic E-state index is 0.176. The minimum Gasteiger partial charge on any atom is -0.364 e. The van der Waals surface area contributed by atoms with Crippen LogP contribution in [0.2, 0.25) is 0 Å². The molecule has 0 aromatic carbocycles. The Kier molecular flexibility index (Phi) is 1.83. The SMILES string of the molecule is OC1(O)CCC(O)(O)c2nnnn2C1. The Bertz CT molecular complexity index is 347. The summed E-state index contributed by atoms with van der Waals surface area (Å²) in [5.41, 5.74) is 0. The van der Waals surface area contributed by atoms with Crippen LogP contribution in [0.5, 0.6) is 0 Å². The van der Waals surface area contributed by atoms with Crippen LogP contribution in [0.4, 0.5) is 0 Å². The molecule has 0 spiro atoms. The van der Waals surface area contributed by atoms with Gasteiger partial charge in [0, 0.05) is 12.8 Å². The van der Waals surface area contributed by atoms with Gasteiger partial charge in [-0.3, -0.25) is 0 Å². The predicted molar refractivity (Wildman–Crippen MR) is 40.3 cm³/mol. The van der Waals surface area contributed by atoms with Gasteiger partial charge < -0.3 is 20.4 Å². The first-order valence-corrected chi connectivity index (χ1v) is 4.07. The van der Waals surface area contributed by atoms with Crippen LogP contribution >= 0.6 is 0 Å². The Hall–Kier alpha value is -1.09. The fourth-order valence-electron chi connectivity index (χ4n) is 1.40. The molecule has 0 amide bonds. The average molecular weight is 202 g/mol. The van der Waals surface area contributed by atoms with Gasteiger partial charge in [-0.1, -0.05) is 0 Å². The zero-order valence-corrected chi connectivity index (χ0v) is 7.20. The zero-order chi connectivity index (χ0) is 10.4. The third-order valence-electron chi connectivity index (χ3n) is 2.17. The molecule has 1 aliphatic heterocycles. The van der Waals surface area contributed by atoms with E-state index >= 15 is 0 Å². The Morgan fingerprint density at radius 2 is 1.86 bits per heavy atom. The fourth-order valence-corrected chi connectivity index (χ4v) is 1.40. The van der Waals surface area contributed by atoms with Gasteiger partial charge in [-0.2, -0.15) is 0 Å². The molecule has 1 aliphatic rings. The molecule has 2 rings (SSSR count). The van der Waals surface area contributed by atoms with Gasteiger partial charge in [-0.25, -0.2) is 4.68 Å². The van der Waals surface area contributed by atoms with E-state index in [-0.39, 0.29) is 25.2 Å². The molecular weight excluding hydrogens is 192 g/mol. The zero-order valence-electron chi connectivity index (χ0n) is 7.20. The first kappa shape index (κ1) is 9.46. The Balaban J connectivity index is 2.44. The molecule has 0 saturated carbocycles. The maximum atomic E-state index is 9.50. The number of nitrogens with zero attached hydrogens (tertiary/aromatic N) is 4. The van der Waals surface area contributed by atoms with Gasteiger partial charge in [0.05, 0.1) is 6.54 Å². The van der Waals surface area contributed by atoms with Crippen molar-refractivity contribution >= 4 is 0 Å². The Morgan fingerprint density at radius 1 is 1.14 bits per heavy atom. The summed E-state index contributed by atoms with van der Waals surface area (Å²) in [6.07, 6.45) is -0.411. The van der Waals surface area contributed by atoms with Crippen LogP contribution in [-0.4, -0.2) is 46.4 Å². The molecule has 0 aliphatic carbocycles. The van der Waals surface area contributed by atoms with Crippen molar-refractivity contribution in [3.63, 3.8) is 0 Å².